The fourth-order valence-electron chi connectivity index (χ4n) is 4.24. The van der Waals surface area contributed by atoms with Crippen molar-refractivity contribution in [3.8, 4) is 16.9 Å². The average Bonchev–Trinajstić information content (AvgIpc) is 3.52. The first-order valence-electron chi connectivity index (χ1n) is 9.67. The van der Waals surface area contributed by atoms with Gasteiger partial charge in [0.25, 0.3) is 0 Å². The molecule has 0 aromatic heterocycles. The Morgan fingerprint density at radius 1 is 1.22 bits per heavy atom. The molecule has 2 aromatic carbocycles. The molecule has 1 fully saturated rings. The number of hydrogen-bond acceptors (Lipinski definition) is 4. The Kier molecular flexibility index (Phi) is 4.68. The van der Waals surface area contributed by atoms with Gasteiger partial charge in [-0.05, 0) is 84.9 Å². The van der Waals surface area contributed by atoms with Crippen LogP contribution in [0.2, 0.25) is 0 Å². The minimum absolute atomic E-state index is 0.496. The molecule has 27 heavy (non-hydrogen) atoms. The van der Waals surface area contributed by atoms with E-state index in [4.69, 9.17) is 9.47 Å². The zero-order chi connectivity index (χ0) is 19.1. The summed E-state index contributed by atoms with van der Waals surface area (Å²) in [5.74, 6) is 0.834. The summed E-state index contributed by atoms with van der Waals surface area (Å²) in [6.07, 6.45) is 3.02. The summed E-state index contributed by atoms with van der Waals surface area (Å²) in [5, 5.41) is 10.8. The number of fused-ring (bicyclic) bond motifs is 1. The van der Waals surface area contributed by atoms with Crippen molar-refractivity contribution in [1.29, 1.82) is 0 Å². The van der Waals surface area contributed by atoms with E-state index >= 15 is 0 Å². The summed E-state index contributed by atoms with van der Waals surface area (Å²) in [6, 6.07) is 8.28. The van der Waals surface area contributed by atoms with Crippen LogP contribution in [0.1, 0.15) is 59.1 Å². The molecule has 1 atom stereocenters. The molecule has 2 aromatic rings. The maximum absolute atomic E-state index is 12.2. The van der Waals surface area contributed by atoms with Crippen LogP contribution in [0.25, 0.3) is 11.1 Å². The van der Waals surface area contributed by atoms with Crippen LogP contribution in [0.15, 0.2) is 24.3 Å². The topological polar surface area (TPSA) is 55.8 Å². The van der Waals surface area contributed by atoms with Crippen LogP contribution in [0.3, 0.4) is 0 Å². The minimum atomic E-state index is -1.28. The van der Waals surface area contributed by atoms with E-state index in [1.165, 1.54) is 23.8 Å². The van der Waals surface area contributed by atoms with Crippen LogP contribution in [-0.4, -0.2) is 24.8 Å². The van der Waals surface area contributed by atoms with Crippen LogP contribution in [0.5, 0.6) is 5.75 Å². The largest absolute Gasteiger partial charge is 0.493 e. The van der Waals surface area contributed by atoms with Crippen molar-refractivity contribution in [1.82, 2.24) is 0 Å². The smallest absolute Gasteiger partial charge is 0.339 e. The maximum Gasteiger partial charge on any atom is 0.339 e. The lowest BCUT2D eigenvalue weighted by atomic mass is 9.83. The van der Waals surface area contributed by atoms with E-state index in [1.807, 2.05) is 19.1 Å². The molecular weight excluding hydrogens is 340 g/mol. The number of rotatable bonds is 4. The molecule has 0 bridgehead atoms. The second-order valence-corrected chi connectivity index (χ2v) is 7.63. The SMILES string of the molecule is COC(=O)[C@@H](O)c1c(C)ccc(C2CC2)c1-c1ccc2c(c1C)CCCO2. The highest BCUT2D eigenvalue weighted by Gasteiger charge is 2.33. The lowest BCUT2D eigenvalue weighted by Gasteiger charge is -2.25. The first-order chi connectivity index (χ1) is 13.0. The first kappa shape index (κ1) is 18.1. The molecule has 142 valence electrons. The van der Waals surface area contributed by atoms with Gasteiger partial charge in [0.2, 0.25) is 0 Å². The van der Waals surface area contributed by atoms with Crippen LogP contribution in [-0.2, 0) is 16.0 Å². The van der Waals surface area contributed by atoms with E-state index in [9.17, 15) is 9.90 Å². The minimum Gasteiger partial charge on any atom is -0.493 e. The molecule has 0 radical (unpaired) electrons. The zero-order valence-electron chi connectivity index (χ0n) is 16.2. The predicted molar refractivity (Wildman–Crippen MR) is 104 cm³/mol. The molecule has 0 unspecified atom stereocenters. The van der Waals surface area contributed by atoms with Crippen LogP contribution in [0.4, 0.5) is 0 Å². The molecule has 1 heterocycles. The van der Waals surface area contributed by atoms with Gasteiger partial charge in [0, 0.05) is 5.56 Å². The first-order valence-corrected chi connectivity index (χ1v) is 9.67. The number of hydrogen-bond donors (Lipinski definition) is 1. The molecule has 1 N–H and O–H groups in total. The molecule has 4 heteroatoms. The van der Waals surface area contributed by atoms with Gasteiger partial charge in [-0.15, -0.1) is 0 Å². The summed E-state index contributed by atoms with van der Waals surface area (Å²) in [4.78, 5) is 12.2. The average molecular weight is 366 g/mol. The standard InChI is InChI=1S/C23H26O4/c1-13-6-9-18(15-7-8-15)21(20(13)22(24)23(25)26-3)17-10-11-19-16(14(17)2)5-4-12-27-19/h6,9-11,15,22,24H,4-5,7-8,12H2,1-3H3/t22-/m0/s1. The van der Waals surface area contributed by atoms with Crippen molar-refractivity contribution in [3.05, 3.63) is 52.1 Å². The number of carbonyl (C=O) groups is 1. The van der Waals surface area contributed by atoms with Crippen LogP contribution >= 0.6 is 0 Å². The number of benzene rings is 2. The normalized spacial score (nSPS) is 17.0. The summed E-state index contributed by atoms with van der Waals surface area (Å²) < 4.78 is 10.7. The van der Waals surface area contributed by atoms with Gasteiger partial charge < -0.3 is 14.6 Å². The van der Waals surface area contributed by atoms with Crippen molar-refractivity contribution in [2.75, 3.05) is 13.7 Å². The van der Waals surface area contributed by atoms with Crippen molar-refractivity contribution in [2.24, 2.45) is 0 Å². The molecule has 0 spiro atoms. The number of aryl methyl sites for hydroxylation is 1. The molecule has 4 nitrogen and oxygen atoms in total. The molecule has 1 aliphatic heterocycles. The zero-order valence-corrected chi connectivity index (χ0v) is 16.2. The van der Waals surface area contributed by atoms with E-state index in [0.717, 1.165) is 54.7 Å². The third-order valence-corrected chi connectivity index (χ3v) is 5.86. The maximum atomic E-state index is 12.2. The third kappa shape index (κ3) is 3.12. The Labute approximate surface area is 160 Å². The quantitative estimate of drug-likeness (QED) is 0.816. The Morgan fingerprint density at radius 3 is 2.70 bits per heavy atom. The summed E-state index contributed by atoms with van der Waals surface area (Å²) in [6.45, 7) is 4.82. The van der Waals surface area contributed by atoms with Crippen molar-refractivity contribution in [3.63, 3.8) is 0 Å². The van der Waals surface area contributed by atoms with Crippen molar-refractivity contribution < 1.29 is 19.4 Å². The van der Waals surface area contributed by atoms with Gasteiger partial charge in [0.15, 0.2) is 6.10 Å². The van der Waals surface area contributed by atoms with Gasteiger partial charge in [-0.3, -0.25) is 0 Å². The van der Waals surface area contributed by atoms with E-state index in [2.05, 4.69) is 19.1 Å². The lowest BCUT2D eigenvalue weighted by Crippen LogP contribution is -2.17. The number of methoxy groups -OCH3 is 1. The number of ether oxygens (including phenoxy) is 2. The van der Waals surface area contributed by atoms with Gasteiger partial charge in [-0.1, -0.05) is 18.2 Å². The second kappa shape index (κ2) is 7.01. The van der Waals surface area contributed by atoms with E-state index < -0.39 is 12.1 Å². The highest BCUT2D eigenvalue weighted by atomic mass is 16.5. The van der Waals surface area contributed by atoms with Gasteiger partial charge in [0.05, 0.1) is 13.7 Å². The highest BCUT2D eigenvalue weighted by molar-refractivity contribution is 5.85. The summed E-state index contributed by atoms with van der Waals surface area (Å²) in [7, 11) is 1.31. The molecule has 1 saturated carbocycles. The van der Waals surface area contributed by atoms with E-state index in [0.29, 0.717) is 11.5 Å². The van der Waals surface area contributed by atoms with Crippen LogP contribution < -0.4 is 4.74 Å². The Hall–Kier alpha value is -2.33. The summed E-state index contributed by atoms with van der Waals surface area (Å²) >= 11 is 0. The number of aliphatic hydroxyl groups excluding tert-OH is 1. The predicted octanol–water partition coefficient (Wildman–Crippen LogP) is 4.38. The van der Waals surface area contributed by atoms with Gasteiger partial charge in [-0.2, -0.15) is 0 Å². The second-order valence-electron chi connectivity index (χ2n) is 7.63. The van der Waals surface area contributed by atoms with E-state index in [-0.39, 0.29) is 0 Å². The van der Waals surface area contributed by atoms with Crippen molar-refractivity contribution in [2.45, 2.75) is 51.6 Å². The number of carbonyl (C=O) groups excluding carboxylic acids is 1. The number of esters is 1. The highest BCUT2D eigenvalue weighted by Crippen LogP contribution is 2.49. The monoisotopic (exact) mass is 366 g/mol. The summed E-state index contributed by atoms with van der Waals surface area (Å²) in [5.41, 5.74) is 7.30. The molecule has 2 aliphatic rings. The fourth-order valence-corrected chi connectivity index (χ4v) is 4.24. The molecule has 0 amide bonds. The number of aliphatic hydroxyl groups is 1. The van der Waals surface area contributed by atoms with E-state index in [1.54, 1.807) is 0 Å². The Morgan fingerprint density at radius 2 is 2.00 bits per heavy atom. The van der Waals surface area contributed by atoms with Gasteiger partial charge >= 0.3 is 5.97 Å². The molecule has 1 aliphatic carbocycles. The van der Waals surface area contributed by atoms with Crippen molar-refractivity contribution >= 4 is 5.97 Å². The Balaban J connectivity index is 1.96. The fraction of sp³-hybridized carbons (Fsp3) is 0.435. The molecule has 0 saturated heterocycles. The molecular formula is C23H26O4. The molecule has 4 rings (SSSR count). The van der Waals surface area contributed by atoms with Crippen LogP contribution in [0, 0.1) is 13.8 Å². The Bertz CT molecular complexity index is 896. The third-order valence-electron chi connectivity index (χ3n) is 5.86. The van der Waals surface area contributed by atoms with Gasteiger partial charge in [0.1, 0.15) is 5.75 Å². The lowest BCUT2D eigenvalue weighted by molar-refractivity contribution is -0.150. The van der Waals surface area contributed by atoms with Gasteiger partial charge in [-0.25, -0.2) is 4.79 Å².